The summed E-state index contributed by atoms with van der Waals surface area (Å²) in [6.07, 6.45) is -0.356. The van der Waals surface area contributed by atoms with E-state index in [9.17, 15) is 4.79 Å². The SMILES string of the molecule is COCOc1c(C(=O)[C@@H]2O[C@@H]2C)ccc2ccccc12. The highest BCUT2D eigenvalue weighted by Crippen LogP contribution is 2.34. The van der Waals surface area contributed by atoms with Gasteiger partial charge >= 0.3 is 0 Å². The Labute approximate surface area is 117 Å². The predicted octanol–water partition coefficient (Wildman–Crippen LogP) is 2.79. The first kappa shape index (κ1) is 13.1. The fraction of sp³-hybridized carbons (Fsp3) is 0.312. The standard InChI is InChI=1S/C16H16O4/c1-10-15(20-10)14(17)13-8-7-11-5-3-4-6-12(11)16(13)19-9-18-2/h3-8,10,15H,9H2,1-2H3/t10-,15-/m1/s1. The number of hydrogen-bond donors (Lipinski definition) is 0. The van der Waals surface area contributed by atoms with Crippen LogP contribution < -0.4 is 4.74 Å². The molecule has 0 aliphatic carbocycles. The van der Waals surface area contributed by atoms with Crippen molar-refractivity contribution >= 4 is 16.6 Å². The number of ether oxygens (including phenoxy) is 3. The second-order valence-electron chi connectivity index (χ2n) is 4.84. The summed E-state index contributed by atoms with van der Waals surface area (Å²) in [7, 11) is 1.55. The van der Waals surface area contributed by atoms with E-state index < -0.39 is 0 Å². The summed E-state index contributed by atoms with van der Waals surface area (Å²) in [6.45, 7) is 1.99. The van der Waals surface area contributed by atoms with Gasteiger partial charge < -0.3 is 14.2 Å². The highest BCUT2D eigenvalue weighted by Gasteiger charge is 2.42. The molecule has 0 saturated carbocycles. The lowest BCUT2D eigenvalue weighted by Crippen LogP contribution is -2.12. The van der Waals surface area contributed by atoms with Crippen LogP contribution in [0.15, 0.2) is 36.4 Å². The molecule has 1 heterocycles. The van der Waals surface area contributed by atoms with Crippen LogP contribution in [0.1, 0.15) is 17.3 Å². The molecule has 4 heteroatoms. The first-order valence-electron chi connectivity index (χ1n) is 6.55. The van der Waals surface area contributed by atoms with Crippen LogP contribution in [-0.2, 0) is 9.47 Å². The Morgan fingerprint density at radius 2 is 2.00 bits per heavy atom. The van der Waals surface area contributed by atoms with Gasteiger partial charge in [0.1, 0.15) is 11.9 Å². The number of benzene rings is 2. The van der Waals surface area contributed by atoms with Gasteiger partial charge in [-0.2, -0.15) is 0 Å². The van der Waals surface area contributed by atoms with Crippen LogP contribution in [0.4, 0.5) is 0 Å². The van der Waals surface area contributed by atoms with Crippen LogP contribution in [-0.4, -0.2) is 31.9 Å². The molecule has 0 bridgehead atoms. The van der Waals surface area contributed by atoms with E-state index in [4.69, 9.17) is 14.2 Å². The highest BCUT2D eigenvalue weighted by atomic mass is 16.7. The van der Waals surface area contributed by atoms with Crippen molar-refractivity contribution in [1.29, 1.82) is 0 Å². The molecule has 1 fully saturated rings. The maximum Gasteiger partial charge on any atom is 0.197 e. The van der Waals surface area contributed by atoms with Gasteiger partial charge in [0.25, 0.3) is 0 Å². The van der Waals surface area contributed by atoms with Crippen molar-refractivity contribution in [3.63, 3.8) is 0 Å². The van der Waals surface area contributed by atoms with Gasteiger partial charge in [-0.25, -0.2) is 0 Å². The van der Waals surface area contributed by atoms with Gasteiger partial charge in [0, 0.05) is 12.5 Å². The zero-order valence-corrected chi connectivity index (χ0v) is 11.5. The van der Waals surface area contributed by atoms with Gasteiger partial charge in [0.15, 0.2) is 12.6 Å². The molecule has 104 valence electrons. The molecule has 1 aliphatic rings. The van der Waals surface area contributed by atoms with E-state index in [-0.39, 0.29) is 24.8 Å². The molecule has 4 nitrogen and oxygen atoms in total. The Kier molecular flexibility index (Phi) is 3.42. The lowest BCUT2D eigenvalue weighted by atomic mass is 10.0. The number of fused-ring (bicyclic) bond motifs is 1. The molecule has 2 aromatic rings. The molecular weight excluding hydrogens is 256 g/mol. The fourth-order valence-electron chi connectivity index (χ4n) is 2.32. The first-order chi connectivity index (χ1) is 9.72. The molecule has 3 rings (SSSR count). The maximum absolute atomic E-state index is 12.4. The molecule has 1 saturated heterocycles. The lowest BCUT2D eigenvalue weighted by molar-refractivity contribution is 0.0512. The number of methoxy groups -OCH3 is 1. The molecule has 0 spiro atoms. The van der Waals surface area contributed by atoms with Gasteiger partial charge in [-0.05, 0) is 18.4 Å². The summed E-state index contributed by atoms with van der Waals surface area (Å²) >= 11 is 0. The van der Waals surface area contributed by atoms with E-state index in [1.54, 1.807) is 13.2 Å². The van der Waals surface area contributed by atoms with Crippen LogP contribution in [0.5, 0.6) is 5.75 Å². The van der Waals surface area contributed by atoms with Crippen molar-refractivity contribution in [3.8, 4) is 5.75 Å². The third-order valence-corrected chi connectivity index (χ3v) is 3.44. The third kappa shape index (κ3) is 2.28. The molecule has 2 atom stereocenters. The number of ketones is 1. The van der Waals surface area contributed by atoms with Gasteiger partial charge in [0.2, 0.25) is 0 Å². The molecular formula is C16H16O4. The average molecular weight is 272 g/mol. The zero-order chi connectivity index (χ0) is 14.1. The zero-order valence-electron chi connectivity index (χ0n) is 11.5. The topological polar surface area (TPSA) is 48.1 Å². The molecule has 0 radical (unpaired) electrons. The molecule has 0 unspecified atom stereocenters. The quantitative estimate of drug-likeness (QED) is 0.477. The number of hydrogen-bond acceptors (Lipinski definition) is 4. The van der Waals surface area contributed by atoms with Crippen molar-refractivity contribution in [2.75, 3.05) is 13.9 Å². The highest BCUT2D eigenvalue weighted by molar-refractivity contribution is 6.08. The molecule has 0 amide bonds. The Morgan fingerprint density at radius 1 is 1.25 bits per heavy atom. The van der Waals surface area contributed by atoms with Crippen molar-refractivity contribution in [3.05, 3.63) is 42.0 Å². The number of rotatable bonds is 5. The molecule has 2 aromatic carbocycles. The summed E-state index contributed by atoms with van der Waals surface area (Å²) in [4.78, 5) is 12.4. The van der Waals surface area contributed by atoms with Crippen LogP contribution in [0, 0.1) is 0 Å². The van der Waals surface area contributed by atoms with Gasteiger partial charge in [-0.15, -0.1) is 0 Å². The smallest absolute Gasteiger partial charge is 0.197 e. The van der Waals surface area contributed by atoms with Crippen LogP contribution in [0.2, 0.25) is 0 Å². The summed E-state index contributed by atoms with van der Waals surface area (Å²) in [6, 6.07) is 11.5. The van der Waals surface area contributed by atoms with Crippen molar-refractivity contribution in [2.45, 2.75) is 19.1 Å². The summed E-state index contributed by atoms with van der Waals surface area (Å²) < 4.78 is 15.9. The second-order valence-corrected chi connectivity index (χ2v) is 4.84. The Balaban J connectivity index is 2.07. The Hall–Kier alpha value is -1.91. The third-order valence-electron chi connectivity index (χ3n) is 3.44. The van der Waals surface area contributed by atoms with E-state index in [1.165, 1.54) is 0 Å². The number of epoxide rings is 1. The summed E-state index contributed by atoms with van der Waals surface area (Å²) in [5, 5.41) is 1.93. The fourth-order valence-corrected chi connectivity index (χ4v) is 2.32. The number of carbonyl (C=O) groups excluding carboxylic acids is 1. The molecule has 20 heavy (non-hydrogen) atoms. The van der Waals surface area contributed by atoms with E-state index in [0.29, 0.717) is 11.3 Å². The normalized spacial score (nSPS) is 20.9. The first-order valence-corrected chi connectivity index (χ1v) is 6.55. The van der Waals surface area contributed by atoms with Gasteiger partial charge in [0.05, 0.1) is 11.7 Å². The van der Waals surface area contributed by atoms with Crippen molar-refractivity contribution in [2.24, 2.45) is 0 Å². The predicted molar refractivity (Wildman–Crippen MR) is 75.1 cm³/mol. The molecule has 0 aromatic heterocycles. The van der Waals surface area contributed by atoms with E-state index in [2.05, 4.69) is 0 Å². The number of Topliss-reactive ketones (excluding diaryl/α,β-unsaturated/α-hetero) is 1. The van der Waals surface area contributed by atoms with E-state index >= 15 is 0 Å². The monoisotopic (exact) mass is 272 g/mol. The van der Waals surface area contributed by atoms with Crippen molar-refractivity contribution < 1.29 is 19.0 Å². The van der Waals surface area contributed by atoms with Gasteiger partial charge in [-0.3, -0.25) is 4.79 Å². The Morgan fingerprint density at radius 3 is 2.70 bits per heavy atom. The molecule has 1 aliphatic heterocycles. The largest absolute Gasteiger partial charge is 0.466 e. The maximum atomic E-state index is 12.4. The van der Waals surface area contributed by atoms with E-state index in [0.717, 1.165) is 10.8 Å². The second kappa shape index (κ2) is 5.23. The summed E-state index contributed by atoms with van der Waals surface area (Å²) in [5.41, 5.74) is 0.551. The summed E-state index contributed by atoms with van der Waals surface area (Å²) in [5.74, 6) is 0.534. The Bertz CT molecular complexity index is 650. The van der Waals surface area contributed by atoms with Gasteiger partial charge in [-0.1, -0.05) is 30.3 Å². The number of carbonyl (C=O) groups is 1. The van der Waals surface area contributed by atoms with E-state index in [1.807, 2.05) is 37.3 Å². The minimum atomic E-state index is -0.346. The van der Waals surface area contributed by atoms with Crippen LogP contribution in [0.3, 0.4) is 0 Å². The van der Waals surface area contributed by atoms with Crippen molar-refractivity contribution in [1.82, 2.24) is 0 Å². The van der Waals surface area contributed by atoms with Crippen LogP contribution in [0.25, 0.3) is 10.8 Å². The minimum absolute atomic E-state index is 0.00996. The average Bonchev–Trinajstić information content (AvgIpc) is 3.21. The molecule has 0 N–H and O–H groups in total. The lowest BCUT2D eigenvalue weighted by Gasteiger charge is -2.12. The minimum Gasteiger partial charge on any atom is -0.466 e. The van der Waals surface area contributed by atoms with Crippen LogP contribution >= 0.6 is 0 Å².